The van der Waals surface area contributed by atoms with E-state index in [1.807, 2.05) is 0 Å². The third-order valence-corrected chi connectivity index (χ3v) is 5.91. The van der Waals surface area contributed by atoms with E-state index in [0.29, 0.717) is 18.0 Å². The van der Waals surface area contributed by atoms with Gasteiger partial charge in [0, 0.05) is 30.5 Å². The summed E-state index contributed by atoms with van der Waals surface area (Å²) in [6.07, 6.45) is 8.12. The van der Waals surface area contributed by atoms with E-state index < -0.39 is 0 Å². The number of nitrogens with one attached hydrogen (secondary N) is 2. The van der Waals surface area contributed by atoms with Crippen molar-refractivity contribution in [3.63, 3.8) is 0 Å². The molecule has 0 aromatic heterocycles. The van der Waals surface area contributed by atoms with Gasteiger partial charge in [0.15, 0.2) is 0 Å². The van der Waals surface area contributed by atoms with E-state index in [4.69, 9.17) is 0 Å². The maximum absolute atomic E-state index is 12.3. The SMILES string of the molecule is Cl.O=C(CC1CC2CCC(C1)N2)NCC1(c2ccccc2)CC1. The van der Waals surface area contributed by atoms with Gasteiger partial charge in [-0.05, 0) is 50.0 Å². The lowest BCUT2D eigenvalue weighted by atomic mass is 9.89. The standard InChI is InChI=1S/C19H26N2O.ClH/c22-18(12-14-10-16-6-7-17(11-14)21-16)20-13-19(8-9-19)15-4-2-1-3-5-15;/h1-5,14,16-17,21H,6-13H2,(H,20,22);1H. The van der Waals surface area contributed by atoms with Crippen molar-refractivity contribution >= 4 is 18.3 Å². The van der Waals surface area contributed by atoms with E-state index in [0.717, 1.165) is 13.0 Å². The molecule has 2 N–H and O–H groups in total. The lowest BCUT2D eigenvalue weighted by Gasteiger charge is -2.28. The Morgan fingerprint density at radius 3 is 2.39 bits per heavy atom. The summed E-state index contributed by atoms with van der Waals surface area (Å²) in [6, 6.07) is 12.0. The van der Waals surface area contributed by atoms with Crippen molar-refractivity contribution < 1.29 is 4.79 Å². The first-order valence-corrected chi connectivity index (χ1v) is 8.82. The van der Waals surface area contributed by atoms with Gasteiger partial charge in [-0.3, -0.25) is 4.79 Å². The van der Waals surface area contributed by atoms with Gasteiger partial charge in [-0.25, -0.2) is 0 Å². The molecule has 3 fully saturated rings. The maximum atomic E-state index is 12.3. The van der Waals surface area contributed by atoms with E-state index in [2.05, 4.69) is 41.0 Å². The Hall–Kier alpha value is -1.06. The zero-order valence-corrected chi connectivity index (χ0v) is 14.4. The van der Waals surface area contributed by atoms with Gasteiger partial charge in [0.25, 0.3) is 0 Å². The molecule has 126 valence electrons. The number of hydrogen-bond acceptors (Lipinski definition) is 2. The largest absolute Gasteiger partial charge is 0.355 e. The second-order valence-electron chi connectivity index (χ2n) is 7.60. The lowest BCUT2D eigenvalue weighted by Crippen LogP contribution is -2.40. The summed E-state index contributed by atoms with van der Waals surface area (Å²) in [6.45, 7) is 0.813. The molecule has 2 heterocycles. The van der Waals surface area contributed by atoms with Gasteiger partial charge in [0.2, 0.25) is 5.91 Å². The Labute approximate surface area is 145 Å². The zero-order chi connectivity index (χ0) is 15.0. The number of rotatable bonds is 5. The molecular formula is C19H27ClN2O. The van der Waals surface area contributed by atoms with E-state index in [1.165, 1.54) is 44.1 Å². The Balaban J connectivity index is 0.00000156. The van der Waals surface area contributed by atoms with Crippen LogP contribution in [0.1, 0.15) is 50.5 Å². The minimum Gasteiger partial charge on any atom is -0.355 e. The average Bonchev–Trinajstić information content (AvgIpc) is 3.26. The van der Waals surface area contributed by atoms with Crippen molar-refractivity contribution in [2.45, 2.75) is 62.4 Å². The highest BCUT2D eigenvalue weighted by Crippen LogP contribution is 2.47. The van der Waals surface area contributed by atoms with E-state index in [-0.39, 0.29) is 23.7 Å². The summed E-state index contributed by atoms with van der Waals surface area (Å²) in [5.41, 5.74) is 1.61. The number of piperidine rings is 1. The van der Waals surface area contributed by atoms with Gasteiger partial charge in [0.1, 0.15) is 0 Å². The first-order chi connectivity index (χ1) is 10.7. The summed E-state index contributed by atoms with van der Waals surface area (Å²) < 4.78 is 0. The zero-order valence-electron chi connectivity index (χ0n) is 13.6. The molecule has 2 saturated heterocycles. The summed E-state index contributed by atoms with van der Waals surface area (Å²) in [7, 11) is 0. The smallest absolute Gasteiger partial charge is 0.220 e. The van der Waals surface area contributed by atoms with Gasteiger partial charge in [-0.2, -0.15) is 0 Å². The minimum absolute atomic E-state index is 0. The fourth-order valence-corrected chi connectivity index (χ4v) is 4.45. The molecule has 2 bridgehead atoms. The third kappa shape index (κ3) is 3.72. The molecule has 3 aliphatic rings. The van der Waals surface area contributed by atoms with E-state index >= 15 is 0 Å². The van der Waals surface area contributed by atoms with Crippen molar-refractivity contribution in [1.82, 2.24) is 10.6 Å². The van der Waals surface area contributed by atoms with Crippen molar-refractivity contribution in [2.75, 3.05) is 6.54 Å². The number of benzene rings is 1. The van der Waals surface area contributed by atoms with E-state index in [1.54, 1.807) is 0 Å². The number of fused-ring (bicyclic) bond motifs is 2. The van der Waals surface area contributed by atoms with Gasteiger partial charge in [-0.15, -0.1) is 12.4 Å². The molecule has 1 aromatic rings. The van der Waals surface area contributed by atoms with Crippen LogP contribution in [0.4, 0.5) is 0 Å². The molecule has 3 nitrogen and oxygen atoms in total. The highest BCUT2D eigenvalue weighted by Gasteiger charge is 2.44. The number of carbonyl (C=O) groups is 1. The molecule has 2 atom stereocenters. The summed E-state index contributed by atoms with van der Waals surface area (Å²) in [4.78, 5) is 12.3. The molecule has 1 aromatic carbocycles. The van der Waals surface area contributed by atoms with Crippen molar-refractivity contribution in [3.8, 4) is 0 Å². The molecule has 4 rings (SSSR count). The van der Waals surface area contributed by atoms with Crippen LogP contribution in [0.2, 0.25) is 0 Å². The quantitative estimate of drug-likeness (QED) is 0.868. The maximum Gasteiger partial charge on any atom is 0.220 e. The normalized spacial score (nSPS) is 30.3. The van der Waals surface area contributed by atoms with Crippen LogP contribution in [0.3, 0.4) is 0 Å². The fourth-order valence-electron chi connectivity index (χ4n) is 4.45. The van der Waals surface area contributed by atoms with E-state index in [9.17, 15) is 4.79 Å². The number of hydrogen-bond donors (Lipinski definition) is 2. The van der Waals surface area contributed by atoms with Crippen LogP contribution < -0.4 is 10.6 Å². The number of halogens is 1. The minimum atomic E-state index is 0. The van der Waals surface area contributed by atoms with Gasteiger partial charge < -0.3 is 10.6 Å². The van der Waals surface area contributed by atoms with Crippen LogP contribution in [-0.2, 0) is 10.2 Å². The Morgan fingerprint density at radius 2 is 1.78 bits per heavy atom. The van der Waals surface area contributed by atoms with Gasteiger partial charge in [-0.1, -0.05) is 30.3 Å². The van der Waals surface area contributed by atoms with Crippen LogP contribution >= 0.6 is 12.4 Å². The number of carbonyl (C=O) groups excluding carboxylic acids is 1. The van der Waals surface area contributed by atoms with Crippen molar-refractivity contribution in [1.29, 1.82) is 0 Å². The predicted molar refractivity (Wildman–Crippen MR) is 94.9 cm³/mol. The first kappa shape index (κ1) is 16.8. The molecule has 2 unspecified atom stereocenters. The first-order valence-electron chi connectivity index (χ1n) is 8.82. The highest BCUT2D eigenvalue weighted by atomic mass is 35.5. The summed E-state index contributed by atoms with van der Waals surface area (Å²) in [5, 5.41) is 6.87. The molecular weight excluding hydrogens is 308 g/mol. The van der Waals surface area contributed by atoms with Crippen LogP contribution in [0, 0.1) is 5.92 Å². The lowest BCUT2D eigenvalue weighted by molar-refractivity contribution is -0.122. The second-order valence-corrected chi connectivity index (χ2v) is 7.60. The third-order valence-electron chi connectivity index (χ3n) is 5.91. The molecule has 1 aliphatic carbocycles. The topological polar surface area (TPSA) is 41.1 Å². The molecule has 0 radical (unpaired) electrons. The number of amides is 1. The van der Waals surface area contributed by atoms with Gasteiger partial charge >= 0.3 is 0 Å². The fraction of sp³-hybridized carbons (Fsp3) is 0.632. The monoisotopic (exact) mass is 334 g/mol. The Bertz CT molecular complexity index is 532. The van der Waals surface area contributed by atoms with Crippen LogP contribution in [-0.4, -0.2) is 24.5 Å². The van der Waals surface area contributed by atoms with Gasteiger partial charge in [0.05, 0.1) is 0 Å². The molecule has 1 saturated carbocycles. The Kier molecular flexibility index (Phi) is 4.98. The van der Waals surface area contributed by atoms with Crippen molar-refractivity contribution in [3.05, 3.63) is 35.9 Å². The predicted octanol–water partition coefficient (Wildman–Crippen LogP) is 3.18. The van der Waals surface area contributed by atoms with Crippen LogP contribution in [0.5, 0.6) is 0 Å². The molecule has 0 spiro atoms. The molecule has 1 amide bonds. The Morgan fingerprint density at radius 1 is 1.13 bits per heavy atom. The molecule has 23 heavy (non-hydrogen) atoms. The summed E-state index contributed by atoms with van der Waals surface area (Å²) >= 11 is 0. The van der Waals surface area contributed by atoms with Crippen molar-refractivity contribution in [2.24, 2.45) is 5.92 Å². The van der Waals surface area contributed by atoms with Crippen LogP contribution in [0.25, 0.3) is 0 Å². The second kappa shape index (κ2) is 6.82. The summed E-state index contributed by atoms with van der Waals surface area (Å²) in [5.74, 6) is 0.846. The molecule has 2 aliphatic heterocycles. The van der Waals surface area contributed by atoms with Crippen LogP contribution in [0.15, 0.2) is 30.3 Å². The highest BCUT2D eigenvalue weighted by molar-refractivity contribution is 5.85. The molecule has 4 heteroatoms. The average molecular weight is 335 g/mol.